The summed E-state index contributed by atoms with van der Waals surface area (Å²) in [6.07, 6.45) is 1.80. The molecule has 0 saturated carbocycles. The third kappa shape index (κ3) is 7.50. The summed E-state index contributed by atoms with van der Waals surface area (Å²) in [7, 11) is 0. The van der Waals surface area contributed by atoms with Gasteiger partial charge in [-0.15, -0.1) is 0 Å². The van der Waals surface area contributed by atoms with E-state index in [-0.39, 0.29) is 10.9 Å². The van der Waals surface area contributed by atoms with E-state index in [1.54, 1.807) is 12.1 Å². The zero-order valence-electron chi connectivity index (χ0n) is 37.8. The Kier molecular flexibility index (Phi) is 10.8. The number of nitrogens with zero attached hydrogens (tertiary/aromatic N) is 3. The number of aromatic amines is 2. The Morgan fingerprint density at radius 1 is 0.577 bits per heavy atom. The summed E-state index contributed by atoms with van der Waals surface area (Å²) in [6.45, 7) is -0.588. The molecule has 346 valence electrons. The highest BCUT2D eigenvalue weighted by atomic mass is 16.6. The van der Waals surface area contributed by atoms with Gasteiger partial charge in [-0.3, -0.25) is 4.79 Å². The first kappa shape index (κ1) is 43.5. The van der Waals surface area contributed by atoms with Crippen LogP contribution in [0.4, 0.5) is 0 Å². The smallest absolute Gasteiger partial charge is 0.341 e. The summed E-state index contributed by atoms with van der Waals surface area (Å²) in [6, 6.07) is 53.7. The fourth-order valence-electron chi connectivity index (χ4n) is 10.1. The lowest BCUT2D eigenvalue weighted by Gasteiger charge is -2.22. The Balaban J connectivity index is 1.22. The minimum Gasteiger partial charge on any atom is -0.477 e. The molecule has 1 saturated heterocycles. The van der Waals surface area contributed by atoms with Gasteiger partial charge in [0, 0.05) is 61.5 Å². The maximum absolute atomic E-state index is 14.3. The van der Waals surface area contributed by atoms with Crippen molar-refractivity contribution in [3.05, 3.63) is 214 Å². The molecule has 7 heterocycles. The maximum Gasteiger partial charge on any atom is 0.341 e. The van der Waals surface area contributed by atoms with Crippen LogP contribution < -0.4 is 5.43 Å². The number of hydrogen-bond donors (Lipinski definition) is 6. The lowest BCUT2D eigenvalue weighted by molar-refractivity contribution is -0.0509. The largest absolute Gasteiger partial charge is 0.477 e. The first-order chi connectivity index (χ1) is 34.7. The minimum absolute atomic E-state index is 0.0318. The first-order valence-corrected chi connectivity index (χ1v) is 23.2. The van der Waals surface area contributed by atoms with Gasteiger partial charge in [-0.2, -0.15) is 0 Å². The van der Waals surface area contributed by atoms with Gasteiger partial charge in [-0.1, -0.05) is 127 Å². The predicted molar refractivity (Wildman–Crippen MR) is 277 cm³/mol. The molecular weight excluding hydrogens is 891 g/mol. The lowest BCUT2D eigenvalue weighted by Crippen LogP contribution is -2.33. The summed E-state index contributed by atoms with van der Waals surface area (Å²) in [5.74, 6) is -1.48. The van der Waals surface area contributed by atoms with Crippen molar-refractivity contribution in [3.8, 4) is 44.5 Å². The number of aliphatic hydroxyl groups excluding tert-OH is 3. The second-order valence-electron chi connectivity index (χ2n) is 17.7. The van der Waals surface area contributed by atoms with Gasteiger partial charge in [0.1, 0.15) is 23.9 Å². The quantitative estimate of drug-likeness (QED) is 0.0862. The Hall–Kier alpha value is -8.78. The number of rotatable bonds is 8. The average molecular weight is 934 g/mol. The Labute approximate surface area is 405 Å². The van der Waals surface area contributed by atoms with Gasteiger partial charge in [0.05, 0.1) is 34.9 Å². The van der Waals surface area contributed by atoms with Crippen molar-refractivity contribution in [3.63, 3.8) is 0 Å². The normalized spacial score (nSPS) is 17.4. The highest BCUT2D eigenvalue weighted by Crippen LogP contribution is 2.43. The monoisotopic (exact) mass is 933 g/mol. The van der Waals surface area contributed by atoms with Crippen LogP contribution in [0.2, 0.25) is 0 Å². The van der Waals surface area contributed by atoms with Crippen LogP contribution >= 0.6 is 0 Å². The summed E-state index contributed by atoms with van der Waals surface area (Å²) >= 11 is 0. The Bertz CT molecular complexity index is 3880. The van der Waals surface area contributed by atoms with Crippen LogP contribution in [0, 0.1) is 0 Å². The van der Waals surface area contributed by atoms with E-state index in [9.17, 15) is 30.0 Å². The molecule has 6 N–H and O–H groups in total. The molecule has 9 aromatic rings. The molecule has 0 radical (unpaired) electrons. The van der Waals surface area contributed by atoms with Gasteiger partial charge in [0.15, 0.2) is 6.23 Å². The highest BCUT2D eigenvalue weighted by Gasteiger charge is 2.44. The molecule has 3 aliphatic rings. The molecule has 0 unspecified atom stereocenters. The van der Waals surface area contributed by atoms with Gasteiger partial charge >= 0.3 is 5.97 Å². The predicted octanol–water partition coefficient (Wildman–Crippen LogP) is 10.4. The molecule has 1 fully saturated rings. The Morgan fingerprint density at radius 3 is 1.54 bits per heavy atom. The molecule has 5 aromatic carbocycles. The number of carbonyl (C=O) groups is 1. The second kappa shape index (κ2) is 17.6. The SMILES string of the molecule is O=C(O)c1cn([C@@H]2O[C@H](CO)[C@@H](O)[C@H]2O)c2ccc(C3=Cc4nc3c(-c3ccccc3)c3ccc([nH]3)c(-c3ccccc3)c3nc(c(-c5ccccc5)c5ccc([nH]5)c4-c4ccccc4)C=C3)cc2c1=O. The van der Waals surface area contributed by atoms with Crippen molar-refractivity contribution in [2.24, 2.45) is 0 Å². The second-order valence-corrected chi connectivity index (χ2v) is 17.7. The lowest BCUT2D eigenvalue weighted by atomic mass is 9.94. The van der Waals surface area contributed by atoms with Crippen molar-refractivity contribution in [1.29, 1.82) is 0 Å². The number of carboxylic acids is 1. The van der Waals surface area contributed by atoms with Crippen molar-refractivity contribution in [1.82, 2.24) is 24.5 Å². The van der Waals surface area contributed by atoms with Crippen molar-refractivity contribution < 1.29 is 30.0 Å². The molecule has 4 atom stereocenters. The number of aromatic nitrogens is 5. The summed E-state index contributed by atoms with van der Waals surface area (Å²) in [5, 5.41) is 42.2. The Morgan fingerprint density at radius 2 is 1.06 bits per heavy atom. The van der Waals surface area contributed by atoms with E-state index in [1.165, 1.54) is 4.57 Å². The topological polar surface area (TPSA) is 187 Å². The van der Waals surface area contributed by atoms with Crippen LogP contribution in [0.1, 0.15) is 44.9 Å². The fraction of sp³-hybridized carbons (Fsp3) is 0.0847. The average Bonchev–Trinajstić information content (AvgIpc) is 4.28. The third-order valence-corrected chi connectivity index (χ3v) is 13.5. The van der Waals surface area contributed by atoms with Crippen LogP contribution in [0.3, 0.4) is 0 Å². The number of fused-ring (bicyclic) bond motifs is 9. The standard InChI is InChI=1S/C59H43N5O7/c65-32-49-56(67)57(68)58(71-49)64-31-40(59(69)70)55(66)39-29-37(21-28-48(39)64)38-30-47-52(35-17-9-3-10-18-35)45-25-24-43(61-45)50(33-13-5-1-6-14-33)41-22-23-42(60-41)51(34-15-7-2-8-16-34)44-26-27-46(62-44)53(54(38)63-47)36-19-11-4-12-20-36/h1-31,49,56-58,61-62,65,67-68H,32H2,(H,69,70)/t49-,56-,57-,58-/m1/s1. The van der Waals surface area contributed by atoms with E-state index in [2.05, 4.69) is 64.6 Å². The van der Waals surface area contributed by atoms with Crippen LogP contribution in [-0.4, -0.2) is 75.8 Å². The van der Waals surface area contributed by atoms with Gasteiger partial charge in [-0.25, -0.2) is 14.8 Å². The third-order valence-electron chi connectivity index (χ3n) is 13.5. The van der Waals surface area contributed by atoms with E-state index < -0.39 is 48.1 Å². The summed E-state index contributed by atoms with van der Waals surface area (Å²) in [5.41, 5.74) is 13.2. The summed E-state index contributed by atoms with van der Waals surface area (Å²) < 4.78 is 7.22. The maximum atomic E-state index is 14.3. The number of ether oxygens (including phenoxy) is 1. The number of aromatic carboxylic acids is 1. The van der Waals surface area contributed by atoms with Gasteiger partial charge in [0.25, 0.3) is 0 Å². The molecule has 0 amide bonds. The molecule has 0 spiro atoms. The van der Waals surface area contributed by atoms with Crippen molar-refractivity contribution in [2.75, 3.05) is 6.61 Å². The van der Waals surface area contributed by atoms with E-state index in [4.69, 9.17) is 14.7 Å². The molecule has 12 heteroatoms. The number of nitrogens with one attached hydrogen (secondary N) is 2. The molecule has 3 aliphatic heterocycles. The van der Waals surface area contributed by atoms with Crippen molar-refractivity contribution in [2.45, 2.75) is 24.5 Å². The van der Waals surface area contributed by atoms with Crippen LogP contribution in [0.15, 0.2) is 175 Å². The van der Waals surface area contributed by atoms with Gasteiger partial charge in [0.2, 0.25) is 5.43 Å². The first-order valence-electron chi connectivity index (χ1n) is 23.2. The van der Waals surface area contributed by atoms with E-state index in [0.717, 1.165) is 84.2 Å². The molecule has 12 rings (SSSR count). The van der Waals surface area contributed by atoms with E-state index in [1.807, 2.05) is 115 Å². The fourth-order valence-corrected chi connectivity index (χ4v) is 10.1. The van der Waals surface area contributed by atoms with Crippen LogP contribution in [0.5, 0.6) is 0 Å². The number of pyridine rings is 1. The summed E-state index contributed by atoms with van der Waals surface area (Å²) in [4.78, 5) is 45.7. The molecule has 12 nitrogen and oxygen atoms in total. The molecular formula is C59H43N5O7. The zero-order chi connectivity index (χ0) is 48.3. The number of carboxylic acid groups (broad SMARTS) is 1. The zero-order valence-corrected chi connectivity index (χ0v) is 37.8. The van der Waals surface area contributed by atoms with Gasteiger partial charge in [-0.05, 0) is 82.4 Å². The number of aliphatic hydroxyl groups is 3. The van der Waals surface area contributed by atoms with E-state index in [0.29, 0.717) is 22.5 Å². The highest BCUT2D eigenvalue weighted by molar-refractivity contribution is 6.06. The number of hydrogen-bond acceptors (Lipinski definition) is 8. The van der Waals surface area contributed by atoms with Gasteiger partial charge < -0.3 is 39.7 Å². The van der Waals surface area contributed by atoms with E-state index >= 15 is 0 Å². The van der Waals surface area contributed by atoms with Crippen molar-refractivity contribution >= 4 is 62.7 Å². The molecule has 8 bridgehead atoms. The number of benzene rings is 5. The molecule has 4 aromatic heterocycles. The molecule has 0 aliphatic carbocycles. The van der Waals surface area contributed by atoms with Crippen LogP contribution in [-0.2, 0) is 4.74 Å². The molecule has 71 heavy (non-hydrogen) atoms. The number of H-pyrrole nitrogens is 2. The minimum atomic E-state index is -1.54. The van der Waals surface area contributed by atoms with Crippen LogP contribution in [0.25, 0.3) is 101 Å².